The van der Waals surface area contributed by atoms with Crippen LogP contribution in [0.4, 0.5) is 0 Å². The highest BCUT2D eigenvalue weighted by Crippen LogP contribution is 2.32. The predicted molar refractivity (Wildman–Crippen MR) is 103 cm³/mol. The van der Waals surface area contributed by atoms with Crippen LogP contribution in [-0.2, 0) is 11.2 Å². The van der Waals surface area contributed by atoms with Crippen LogP contribution in [0.1, 0.15) is 61.1 Å². The molecule has 0 spiro atoms. The Labute approximate surface area is 164 Å². The summed E-state index contributed by atoms with van der Waals surface area (Å²) < 4.78 is 0. The first-order valence-corrected chi connectivity index (χ1v) is 9.97. The molecule has 2 fully saturated rings. The molecule has 4 rings (SSSR count). The fourth-order valence-electron chi connectivity index (χ4n) is 3.88. The van der Waals surface area contributed by atoms with Gasteiger partial charge in [0.15, 0.2) is 5.82 Å². The smallest absolute Gasteiger partial charge is 0.267 e. The normalized spacial score (nSPS) is 20.5. The van der Waals surface area contributed by atoms with Gasteiger partial charge in [-0.15, -0.1) is 10.2 Å². The van der Waals surface area contributed by atoms with E-state index in [9.17, 15) is 4.79 Å². The topological polar surface area (TPSA) is 96.2 Å². The Balaban J connectivity index is 1.34. The van der Waals surface area contributed by atoms with E-state index in [1.807, 2.05) is 12.1 Å². The lowest BCUT2D eigenvalue weighted by Crippen LogP contribution is -2.26. The molecule has 1 atom stereocenters. The van der Waals surface area contributed by atoms with Gasteiger partial charge in [0, 0.05) is 25.1 Å². The molecule has 1 aliphatic carbocycles. The van der Waals surface area contributed by atoms with Crippen LogP contribution < -0.4 is 5.48 Å². The summed E-state index contributed by atoms with van der Waals surface area (Å²) in [6.45, 7) is 2.01. The van der Waals surface area contributed by atoms with E-state index in [0.717, 1.165) is 37.3 Å². The molecule has 2 N–H and O–H groups in total. The monoisotopic (exact) mass is 382 g/mol. The molecule has 1 aliphatic heterocycles. The average molecular weight is 382 g/mol. The van der Waals surface area contributed by atoms with Gasteiger partial charge in [-0.3, -0.25) is 14.9 Å². The summed E-state index contributed by atoms with van der Waals surface area (Å²) >= 11 is 0. The van der Waals surface area contributed by atoms with Crippen LogP contribution in [0.15, 0.2) is 30.3 Å². The molecule has 0 radical (unpaired) electrons. The predicted octanol–water partition coefficient (Wildman–Crippen LogP) is 2.30. The molecule has 28 heavy (non-hydrogen) atoms. The lowest BCUT2D eigenvalue weighted by atomic mass is 9.94. The van der Waals surface area contributed by atoms with Crippen molar-refractivity contribution in [3.05, 3.63) is 47.3 Å². The number of benzene rings is 1. The Morgan fingerprint density at radius 2 is 2.04 bits per heavy atom. The number of tetrazole rings is 1. The van der Waals surface area contributed by atoms with E-state index >= 15 is 0 Å². The lowest BCUT2D eigenvalue weighted by Gasteiger charge is -2.24. The Hall–Kier alpha value is -2.58. The molecule has 1 unspecified atom stereocenters. The van der Waals surface area contributed by atoms with Crippen LogP contribution in [-0.4, -0.2) is 49.3 Å². The summed E-state index contributed by atoms with van der Waals surface area (Å²) in [7, 11) is 0. The maximum absolute atomic E-state index is 11.1. The molecule has 1 amide bonds. The number of likely N-dealkylation sites (tertiary alicyclic amines) is 1. The van der Waals surface area contributed by atoms with E-state index < -0.39 is 5.91 Å². The highest BCUT2D eigenvalue weighted by Gasteiger charge is 2.26. The van der Waals surface area contributed by atoms with Crippen LogP contribution in [0.2, 0.25) is 0 Å². The van der Waals surface area contributed by atoms with Crippen molar-refractivity contribution in [3.8, 4) is 0 Å². The maximum atomic E-state index is 11.1. The Kier molecular flexibility index (Phi) is 5.78. The largest absolute Gasteiger partial charge is 0.296 e. The van der Waals surface area contributed by atoms with Crippen LogP contribution in [0, 0.1) is 0 Å². The number of carbonyl (C=O) groups excluding carboxylic acids is 1. The third-order valence-electron chi connectivity index (χ3n) is 5.72. The quantitative estimate of drug-likeness (QED) is 0.433. The summed E-state index contributed by atoms with van der Waals surface area (Å²) in [5, 5.41) is 21.5. The highest BCUT2D eigenvalue weighted by molar-refractivity contribution is 5.90. The van der Waals surface area contributed by atoms with E-state index in [1.165, 1.54) is 37.3 Å². The van der Waals surface area contributed by atoms with Gasteiger partial charge in [0.2, 0.25) is 0 Å². The van der Waals surface area contributed by atoms with Crippen LogP contribution in [0.25, 0.3) is 6.08 Å². The summed E-state index contributed by atoms with van der Waals surface area (Å²) in [5.74, 6) is 0.300. The molecular weight excluding hydrogens is 356 g/mol. The lowest BCUT2D eigenvalue weighted by molar-refractivity contribution is -0.124. The van der Waals surface area contributed by atoms with Gasteiger partial charge in [-0.25, -0.2) is 5.48 Å². The van der Waals surface area contributed by atoms with Crippen molar-refractivity contribution in [2.45, 2.75) is 50.6 Å². The molecule has 8 nitrogen and oxygen atoms in total. The number of aromatic nitrogens is 4. The van der Waals surface area contributed by atoms with Gasteiger partial charge in [-0.1, -0.05) is 24.3 Å². The van der Waals surface area contributed by atoms with E-state index in [1.54, 1.807) is 16.4 Å². The maximum Gasteiger partial charge on any atom is 0.267 e. The van der Waals surface area contributed by atoms with Gasteiger partial charge in [-0.2, -0.15) is 4.80 Å². The first-order chi connectivity index (χ1) is 13.7. The zero-order valence-corrected chi connectivity index (χ0v) is 15.9. The number of nitrogens with zero attached hydrogens (tertiary/aromatic N) is 5. The van der Waals surface area contributed by atoms with Crippen molar-refractivity contribution in [2.24, 2.45) is 0 Å². The summed E-state index contributed by atoms with van der Waals surface area (Å²) in [4.78, 5) is 15.4. The second-order valence-corrected chi connectivity index (χ2v) is 7.53. The molecule has 2 aliphatic rings. The minimum absolute atomic E-state index is 0.403. The van der Waals surface area contributed by atoms with Crippen LogP contribution in [0.3, 0.4) is 0 Å². The summed E-state index contributed by atoms with van der Waals surface area (Å²) in [6.07, 6.45) is 9.73. The third kappa shape index (κ3) is 4.28. The van der Waals surface area contributed by atoms with Crippen molar-refractivity contribution >= 4 is 12.0 Å². The fraction of sp³-hybridized carbons (Fsp3) is 0.500. The molecule has 1 saturated carbocycles. The van der Waals surface area contributed by atoms with E-state index in [2.05, 4.69) is 32.4 Å². The van der Waals surface area contributed by atoms with Crippen LogP contribution >= 0.6 is 0 Å². The first-order valence-electron chi connectivity index (χ1n) is 9.97. The number of carbonyl (C=O) groups is 1. The van der Waals surface area contributed by atoms with Gasteiger partial charge in [0.1, 0.15) is 0 Å². The third-order valence-corrected chi connectivity index (χ3v) is 5.72. The van der Waals surface area contributed by atoms with Crippen molar-refractivity contribution in [1.29, 1.82) is 0 Å². The van der Waals surface area contributed by atoms with Gasteiger partial charge in [-0.05, 0) is 61.1 Å². The zero-order valence-electron chi connectivity index (χ0n) is 15.9. The average Bonchev–Trinajstić information content (AvgIpc) is 3.33. The fourth-order valence-corrected chi connectivity index (χ4v) is 3.88. The van der Waals surface area contributed by atoms with Gasteiger partial charge in [0.25, 0.3) is 5.91 Å². The molecule has 8 heteroatoms. The second kappa shape index (κ2) is 8.62. The number of amides is 1. The molecule has 2 heterocycles. The summed E-state index contributed by atoms with van der Waals surface area (Å²) in [6, 6.07) is 9.09. The van der Waals surface area contributed by atoms with Gasteiger partial charge in [0.05, 0.1) is 6.04 Å². The Morgan fingerprint density at radius 1 is 1.21 bits per heavy atom. The molecule has 1 aromatic heterocycles. The molecular formula is C20H26N6O2. The minimum atomic E-state index is -0.533. The molecule has 1 aromatic carbocycles. The first kappa shape index (κ1) is 18.8. The number of nitrogens with one attached hydrogen (secondary N) is 1. The van der Waals surface area contributed by atoms with Crippen molar-refractivity contribution in [2.75, 3.05) is 13.1 Å². The van der Waals surface area contributed by atoms with Crippen molar-refractivity contribution < 1.29 is 10.0 Å². The zero-order chi connectivity index (χ0) is 19.3. The standard InChI is InChI=1S/C20H26N6O2/c27-20(23-28)11-8-15-6-9-16(10-7-15)18-5-2-13-25(18)14-12-19-21-24-26(22-19)17-3-1-4-17/h6-11,17-18,28H,1-5,12-14H2,(H,23,27). The molecule has 148 valence electrons. The SMILES string of the molecule is O=C(C=Cc1ccc(C2CCCN2CCc2nnn(C3CCC3)n2)cc1)NO. The van der Waals surface area contributed by atoms with Crippen LogP contribution in [0.5, 0.6) is 0 Å². The van der Waals surface area contributed by atoms with Crippen molar-refractivity contribution in [1.82, 2.24) is 30.6 Å². The van der Waals surface area contributed by atoms with E-state index in [-0.39, 0.29) is 0 Å². The second-order valence-electron chi connectivity index (χ2n) is 7.53. The number of rotatable bonds is 7. The molecule has 1 saturated heterocycles. The number of hydroxylamine groups is 1. The van der Waals surface area contributed by atoms with Gasteiger partial charge < -0.3 is 0 Å². The Bertz CT molecular complexity index is 827. The number of hydrogen-bond acceptors (Lipinski definition) is 6. The van der Waals surface area contributed by atoms with Crippen molar-refractivity contribution in [3.63, 3.8) is 0 Å². The van der Waals surface area contributed by atoms with E-state index in [4.69, 9.17) is 5.21 Å². The summed E-state index contributed by atoms with van der Waals surface area (Å²) in [5.41, 5.74) is 3.80. The van der Waals surface area contributed by atoms with E-state index in [0.29, 0.717) is 12.1 Å². The molecule has 2 aromatic rings. The number of hydrogen-bond donors (Lipinski definition) is 2. The Morgan fingerprint density at radius 3 is 2.75 bits per heavy atom. The molecule has 0 bridgehead atoms. The highest BCUT2D eigenvalue weighted by atomic mass is 16.5. The van der Waals surface area contributed by atoms with Gasteiger partial charge >= 0.3 is 0 Å². The minimum Gasteiger partial charge on any atom is -0.296 e.